The lowest BCUT2D eigenvalue weighted by Crippen LogP contribution is -1.97. The summed E-state index contributed by atoms with van der Waals surface area (Å²) in [5.74, 6) is 1.89. The SMILES string of the molecule is COc1ccccc1Oc1ccc(Br)cc1C(C)O. The van der Waals surface area contributed by atoms with E-state index in [2.05, 4.69) is 15.9 Å². The zero-order valence-corrected chi connectivity index (χ0v) is 12.3. The van der Waals surface area contributed by atoms with Crippen molar-refractivity contribution < 1.29 is 14.6 Å². The van der Waals surface area contributed by atoms with Crippen LogP contribution in [0.2, 0.25) is 0 Å². The first kappa shape index (κ1) is 13.9. The Labute approximate surface area is 120 Å². The molecule has 0 aliphatic rings. The van der Waals surface area contributed by atoms with Gasteiger partial charge in [0.05, 0.1) is 13.2 Å². The molecule has 0 radical (unpaired) electrons. The van der Waals surface area contributed by atoms with Crippen LogP contribution in [-0.2, 0) is 0 Å². The van der Waals surface area contributed by atoms with Crippen molar-refractivity contribution in [1.82, 2.24) is 0 Å². The molecule has 4 heteroatoms. The molecular formula is C15H15BrO3. The van der Waals surface area contributed by atoms with Gasteiger partial charge in [0.2, 0.25) is 0 Å². The summed E-state index contributed by atoms with van der Waals surface area (Å²) >= 11 is 3.39. The zero-order valence-electron chi connectivity index (χ0n) is 10.8. The van der Waals surface area contributed by atoms with Crippen molar-refractivity contribution in [2.45, 2.75) is 13.0 Å². The van der Waals surface area contributed by atoms with Gasteiger partial charge in [-0.15, -0.1) is 0 Å². The maximum absolute atomic E-state index is 9.80. The molecule has 1 atom stereocenters. The van der Waals surface area contributed by atoms with E-state index >= 15 is 0 Å². The quantitative estimate of drug-likeness (QED) is 0.911. The molecule has 2 aromatic carbocycles. The highest BCUT2D eigenvalue weighted by atomic mass is 79.9. The highest BCUT2D eigenvalue weighted by molar-refractivity contribution is 9.10. The van der Waals surface area contributed by atoms with Crippen molar-refractivity contribution in [2.75, 3.05) is 7.11 Å². The Bertz CT molecular complexity index is 567. The van der Waals surface area contributed by atoms with E-state index in [1.54, 1.807) is 14.0 Å². The lowest BCUT2D eigenvalue weighted by molar-refractivity contribution is 0.195. The molecule has 0 aromatic heterocycles. The number of ether oxygens (including phenoxy) is 2. The van der Waals surface area contributed by atoms with E-state index < -0.39 is 6.10 Å². The highest BCUT2D eigenvalue weighted by Gasteiger charge is 2.12. The molecule has 0 aliphatic carbocycles. The molecule has 0 heterocycles. The summed E-state index contributed by atoms with van der Waals surface area (Å²) in [4.78, 5) is 0. The summed E-state index contributed by atoms with van der Waals surface area (Å²) in [5, 5.41) is 9.80. The molecule has 2 aromatic rings. The van der Waals surface area contributed by atoms with Crippen molar-refractivity contribution in [3.63, 3.8) is 0 Å². The molecule has 0 aliphatic heterocycles. The third kappa shape index (κ3) is 3.28. The second-order valence-corrected chi connectivity index (χ2v) is 5.03. The zero-order chi connectivity index (χ0) is 13.8. The Balaban J connectivity index is 2.38. The summed E-state index contributed by atoms with van der Waals surface area (Å²) in [5.41, 5.74) is 0.722. The van der Waals surface area contributed by atoms with Crippen LogP contribution in [0.1, 0.15) is 18.6 Å². The summed E-state index contributed by atoms with van der Waals surface area (Å²) in [6.07, 6.45) is -0.609. The lowest BCUT2D eigenvalue weighted by Gasteiger charge is -2.15. The molecule has 0 bridgehead atoms. The van der Waals surface area contributed by atoms with Crippen LogP contribution in [0.25, 0.3) is 0 Å². The average Bonchev–Trinajstić information content (AvgIpc) is 2.41. The lowest BCUT2D eigenvalue weighted by atomic mass is 10.1. The van der Waals surface area contributed by atoms with Crippen LogP contribution < -0.4 is 9.47 Å². The number of methoxy groups -OCH3 is 1. The molecule has 1 unspecified atom stereocenters. The van der Waals surface area contributed by atoms with E-state index in [4.69, 9.17) is 9.47 Å². The molecule has 0 spiro atoms. The second kappa shape index (κ2) is 6.08. The Morgan fingerprint density at radius 1 is 1.05 bits per heavy atom. The fraction of sp³-hybridized carbons (Fsp3) is 0.200. The fourth-order valence-corrected chi connectivity index (χ4v) is 2.14. The Morgan fingerprint density at radius 2 is 1.74 bits per heavy atom. The predicted molar refractivity (Wildman–Crippen MR) is 77.8 cm³/mol. The Morgan fingerprint density at radius 3 is 2.37 bits per heavy atom. The molecular weight excluding hydrogens is 308 g/mol. The van der Waals surface area contributed by atoms with Crippen molar-refractivity contribution in [1.29, 1.82) is 0 Å². The topological polar surface area (TPSA) is 38.7 Å². The largest absolute Gasteiger partial charge is 0.493 e. The van der Waals surface area contributed by atoms with Crippen LogP contribution in [0.5, 0.6) is 17.2 Å². The van der Waals surface area contributed by atoms with Crippen LogP contribution in [0.15, 0.2) is 46.9 Å². The molecule has 19 heavy (non-hydrogen) atoms. The van der Waals surface area contributed by atoms with Crippen molar-refractivity contribution in [3.8, 4) is 17.2 Å². The van der Waals surface area contributed by atoms with Crippen molar-refractivity contribution in [3.05, 3.63) is 52.5 Å². The minimum atomic E-state index is -0.609. The standard InChI is InChI=1S/C15H15BrO3/c1-10(17)12-9-11(16)7-8-13(12)19-15-6-4-3-5-14(15)18-2/h3-10,17H,1-2H3. The molecule has 0 fully saturated rings. The number of hydrogen-bond donors (Lipinski definition) is 1. The molecule has 2 rings (SSSR count). The first-order valence-electron chi connectivity index (χ1n) is 5.90. The summed E-state index contributed by atoms with van der Waals surface area (Å²) < 4.78 is 12.0. The minimum Gasteiger partial charge on any atom is -0.493 e. The monoisotopic (exact) mass is 322 g/mol. The van der Waals surface area contributed by atoms with E-state index in [0.29, 0.717) is 17.2 Å². The van der Waals surface area contributed by atoms with Crippen LogP contribution in [0.4, 0.5) is 0 Å². The molecule has 1 N–H and O–H groups in total. The maximum atomic E-state index is 9.80. The van der Waals surface area contributed by atoms with Gasteiger partial charge in [-0.2, -0.15) is 0 Å². The van der Waals surface area contributed by atoms with Crippen molar-refractivity contribution >= 4 is 15.9 Å². The number of para-hydroxylation sites is 2. The number of aliphatic hydroxyl groups is 1. The van der Waals surface area contributed by atoms with Gasteiger partial charge < -0.3 is 14.6 Å². The number of benzene rings is 2. The van der Waals surface area contributed by atoms with E-state index in [-0.39, 0.29) is 0 Å². The number of rotatable bonds is 4. The third-order valence-corrected chi connectivity index (χ3v) is 3.20. The van der Waals surface area contributed by atoms with Gasteiger partial charge in [-0.3, -0.25) is 0 Å². The maximum Gasteiger partial charge on any atom is 0.169 e. The second-order valence-electron chi connectivity index (χ2n) is 4.11. The normalized spacial score (nSPS) is 12.0. The van der Waals surface area contributed by atoms with Gasteiger partial charge in [0.25, 0.3) is 0 Å². The van der Waals surface area contributed by atoms with Gasteiger partial charge in [-0.05, 0) is 37.3 Å². The fourth-order valence-electron chi connectivity index (χ4n) is 1.76. The Kier molecular flexibility index (Phi) is 4.45. The summed E-state index contributed by atoms with van der Waals surface area (Å²) in [6.45, 7) is 1.71. The van der Waals surface area contributed by atoms with Gasteiger partial charge in [0.1, 0.15) is 5.75 Å². The first-order valence-corrected chi connectivity index (χ1v) is 6.69. The van der Waals surface area contributed by atoms with E-state index in [9.17, 15) is 5.11 Å². The number of halogens is 1. The van der Waals surface area contributed by atoms with Crippen LogP contribution in [-0.4, -0.2) is 12.2 Å². The van der Waals surface area contributed by atoms with Crippen LogP contribution in [0, 0.1) is 0 Å². The Hall–Kier alpha value is -1.52. The molecule has 0 saturated carbocycles. The molecule has 0 saturated heterocycles. The smallest absolute Gasteiger partial charge is 0.169 e. The number of hydrogen-bond acceptors (Lipinski definition) is 3. The first-order chi connectivity index (χ1) is 9.11. The molecule has 0 amide bonds. The predicted octanol–water partition coefficient (Wildman–Crippen LogP) is 4.30. The van der Waals surface area contributed by atoms with Crippen LogP contribution in [0.3, 0.4) is 0 Å². The van der Waals surface area contributed by atoms with Gasteiger partial charge >= 0.3 is 0 Å². The minimum absolute atomic E-state index is 0.609. The van der Waals surface area contributed by atoms with Gasteiger partial charge in [-0.1, -0.05) is 28.1 Å². The van der Waals surface area contributed by atoms with Crippen LogP contribution >= 0.6 is 15.9 Å². The van der Waals surface area contributed by atoms with Crippen molar-refractivity contribution in [2.24, 2.45) is 0 Å². The van der Waals surface area contributed by atoms with Gasteiger partial charge in [0, 0.05) is 10.0 Å². The highest BCUT2D eigenvalue weighted by Crippen LogP contribution is 2.35. The molecule has 3 nitrogen and oxygen atoms in total. The van der Waals surface area contributed by atoms with E-state index in [1.165, 1.54) is 0 Å². The van der Waals surface area contributed by atoms with Gasteiger partial charge in [0.15, 0.2) is 11.5 Å². The number of aliphatic hydroxyl groups excluding tert-OH is 1. The molecule has 100 valence electrons. The summed E-state index contributed by atoms with van der Waals surface area (Å²) in [6, 6.07) is 12.9. The van der Waals surface area contributed by atoms with E-state index in [0.717, 1.165) is 10.0 Å². The third-order valence-electron chi connectivity index (χ3n) is 2.71. The average molecular weight is 323 g/mol. The summed E-state index contributed by atoms with van der Waals surface area (Å²) in [7, 11) is 1.60. The van der Waals surface area contributed by atoms with E-state index in [1.807, 2.05) is 42.5 Å². The van der Waals surface area contributed by atoms with Gasteiger partial charge in [-0.25, -0.2) is 0 Å².